The predicted molar refractivity (Wildman–Crippen MR) is 92.8 cm³/mol. The number of carbonyl (C=O) groups excluding carboxylic acids is 1. The van der Waals surface area contributed by atoms with Crippen LogP contribution in [0.3, 0.4) is 0 Å². The van der Waals surface area contributed by atoms with Gasteiger partial charge in [-0.05, 0) is 31.9 Å². The first-order valence-corrected chi connectivity index (χ1v) is 8.78. The van der Waals surface area contributed by atoms with Crippen molar-refractivity contribution in [1.29, 1.82) is 0 Å². The Morgan fingerprint density at radius 1 is 1.30 bits per heavy atom. The number of carbonyl (C=O) groups is 1. The summed E-state index contributed by atoms with van der Waals surface area (Å²) in [5.74, 6) is -0.0734. The molecule has 0 radical (unpaired) electrons. The number of hydrogen-bond donors (Lipinski definition) is 1. The van der Waals surface area contributed by atoms with Crippen LogP contribution >= 0.6 is 11.3 Å². The van der Waals surface area contributed by atoms with Gasteiger partial charge in [0.25, 0.3) is 5.91 Å². The van der Waals surface area contributed by atoms with E-state index in [2.05, 4.69) is 22.2 Å². The first-order valence-electron chi connectivity index (χ1n) is 7.97. The van der Waals surface area contributed by atoms with E-state index in [4.69, 9.17) is 4.74 Å². The van der Waals surface area contributed by atoms with Crippen molar-refractivity contribution in [2.75, 3.05) is 19.8 Å². The summed E-state index contributed by atoms with van der Waals surface area (Å²) in [6.45, 7) is 6.08. The van der Waals surface area contributed by atoms with Crippen LogP contribution in [-0.2, 0) is 4.74 Å². The van der Waals surface area contributed by atoms with Crippen molar-refractivity contribution < 1.29 is 9.53 Å². The number of hydrogen-bond acceptors (Lipinski definition) is 5. The molecule has 0 unspecified atom stereocenters. The van der Waals surface area contributed by atoms with Gasteiger partial charge in [-0.3, -0.25) is 9.78 Å². The molecule has 0 aliphatic rings. The molecule has 5 nitrogen and oxygen atoms in total. The maximum absolute atomic E-state index is 12.2. The van der Waals surface area contributed by atoms with Gasteiger partial charge in [0.15, 0.2) is 0 Å². The van der Waals surface area contributed by atoms with E-state index in [-0.39, 0.29) is 5.91 Å². The zero-order valence-corrected chi connectivity index (χ0v) is 14.5. The molecule has 124 valence electrons. The van der Waals surface area contributed by atoms with Crippen molar-refractivity contribution in [1.82, 2.24) is 15.3 Å². The minimum Gasteiger partial charge on any atom is -0.381 e. The summed E-state index contributed by atoms with van der Waals surface area (Å²) < 4.78 is 5.48. The predicted octanol–water partition coefficient (Wildman–Crippen LogP) is 3.45. The van der Waals surface area contributed by atoms with Crippen LogP contribution in [0.25, 0.3) is 10.7 Å². The van der Waals surface area contributed by atoms with Gasteiger partial charge in [0.2, 0.25) is 0 Å². The van der Waals surface area contributed by atoms with E-state index in [0.717, 1.165) is 42.3 Å². The highest BCUT2D eigenvalue weighted by molar-refractivity contribution is 7.17. The molecule has 2 rings (SSSR count). The highest BCUT2D eigenvalue weighted by atomic mass is 32.1. The second-order valence-electron chi connectivity index (χ2n) is 5.22. The number of ether oxygens (including phenoxy) is 1. The van der Waals surface area contributed by atoms with Crippen molar-refractivity contribution in [3.05, 3.63) is 35.0 Å². The van der Waals surface area contributed by atoms with E-state index in [1.807, 2.05) is 25.1 Å². The summed E-state index contributed by atoms with van der Waals surface area (Å²) in [5.41, 5.74) is 1.54. The molecule has 6 heteroatoms. The van der Waals surface area contributed by atoms with E-state index in [1.54, 1.807) is 6.20 Å². The Bertz CT molecular complexity index is 614. The average molecular weight is 333 g/mol. The monoisotopic (exact) mass is 333 g/mol. The van der Waals surface area contributed by atoms with Crippen LogP contribution in [0.2, 0.25) is 0 Å². The second kappa shape index (κ2) is 9.37. The first-order chi connectivity index (χ1) is 11.2. The van der Waals surface area contributed by atoms with Crippen LogP contribution in [0, 0.1) is 6.92 Å². The van der Waals surface area contributed by atoms with Crippen LogP contribution in [0.4, 0.5) is 0 Å². The molecule has 2 heterocycles. The number of thiazole rings is 1. The van der Waals surface area contributed by atoms with Crippen LogP contribution in [0.15, 0.2) is 24.4 Å². The molecule has 0 aromatic carbocycles. The third-order valence-corrected chi connectivity index (χ3v) is 4.46. The minimum absolute atomic E-state index is 0.0734. The van der Waals surface area contributed by atoms with Gasteiger partial charge in [-0.25, -0.2) is 4.98 Å². The molecular weight excluding hydrogens is 310 g/mol. The summed E-state index contributed by atoms with van der Waals surface area (Å²) in [6.07, 6.45) is 4.77. The van der Waals surface area contributed by atoms with Gasteiger partial charge in [0, 0.05) is 26.0 Å². The molecule has 0 bridgehead atoms. The minimum atomic E-state index is -0.0734. The van der Waals surface area contributed by atoms with Gasteiger partial charge in [-0.1, -0.05) is 19.4 Å². The highest BCUT2D eigenvalue weighted by Crippen LogP contribution is 2.26. The number of pyridine rings is 1. The number of aromatic nitrogens is 2. The molecule has 2 aromatic rings. The number of nitrogens with one attached hydrogen (secondary N) is 1. The Morgan fingerprint density at radius 3 is 2.87 bits per heavy atom. The lowest BCUT2D eigenvalue weighted by Gasteiger charge is -2.05. The van der Waals surface area contributed by atoms with Gasteiger partial charge in [0.05, 0.1) is 11.4 Å². The Hall–Kier alpha value is -1.79. The molecule has 23 heavy (non-hydrogen) atoms. The van der Waals surface area contributed by atoms with E-state index in [1.165, 1.54) is 11.3 Å². The first kappa shape index (κ1) is 17.6. The summed E-state index contributed by atoms with van der Waals surface area (Å²) in [7, 11) is 0. The van der Waals surface area contributed by atoms with Crippen LogP contribution in [0.1, 0.15) is 41.6 Å². The molecular formula is C17H23N3O2S. The average Bonchev–Trinajstić information content (AvgIpc) is 2.96. The number of aryl methyl sites for hydroxylation is 1. The summed E-state index contributed by atoms with van der Waals surface area (Å²) >= 11 is 1.38. The highest BCUT2D eigenvalue weighted by Gasteiger charge is 2.16. The van der Waals surface area contributed by atoms with Crippen molar-refractivity contribution in [3.63, 3.8) is 0 Å². The fraction of sp³-hybridized carbons (Fsp3) is 0.471. The fourth-order valence-electron chi connectivity index (χ4n) is 2.01. The Kier molecular flexibility index (Phi) is 7.16. The molecule has 2 aromatic heterocycles. The van der Waals surface area contributed by atoms with Gasteiger partial charge < -0.3 is 10.1 Å². The SMILES string of the molecule is CCCCOCCCNC(=O)c1sc(-c2ccccn2)nc1C. The van der Waals surface area contributed by atoms with Gasteiger partial charge in [0.1, 0.15) is 9.88 Å². The zero-order valence-electron chi connectivity index (χ0n) is 13.7. The van der Waals surface area contributed by atoms with Crippen LogP contribution < -0.4 is 5.32 Å². The molecule has 0 spiro atoms. The summed E-state index contributed by atoms with van der Waals surface area (Å²) in [5, 5.41) is 3.70. The number of nitrogens with zero attached hydrogens (tertiary/aromatic N) is 2. The lowest BCUT2D eigenvalue weighted by molar-refractivity contribution is 0.0943. The number of rotatable bonds is 9. The fourth-order valence-corrected chi connectivity index (χ4v) is 2.97. The zero-order chi connectivity index (χ0) is 16.5. The second-order valence-corrected chi connectivity index (χ2v) is 6.22. The number of unbranched alkanes of at least 4 members (excludes halogenated alkanes) is 1. The lowest BCUT2D eigenvalue weighted by atomic mass is 10.3. The van der Waals surface area contributed by atoms with E-state index >= 15 is 0 Å². The quantitative estimate of drug-likeness (QED) is 0.714. The molecule has 0 saturated heterocycles. The van der Waals surface area contributed by atoms with Gasteiger partial charge >= 0.3 is 0 Å². The van der Waals surface area contributed by atoms with Crippen molar-refractivity contribution in [2.45, 2.75) is 33.1 Å². The third kappa shape index (κ3) is 5.41. The molecule has 1 amide bonds. The standard InChI is InChI=1S/C17H23N3O2S/c1-3-4-11-22-12-7-10-19-16(21)15-13(2)20-17(23-15)14-8-5-6-9-18-14/h5-6,8-9H,3-4,7,10-12H2,1-2H3,(H,19,21). The van der Waals surface area contributed by atoms with E-state index in [9.17, 15) is 4.79 Å². The van der Waals surface area contributed by atoms with Crippen molar-refractivity contribution in [3.8, 4) is 10.7 Å². The van der Waals surface area contributed by atoms with Crippen molar-refractivity contribution >= 4 is 17.2 Å². The maximum Gasteiger partial charge on any atom is 0.263 e. The maximum atomic E-state index is 12.2. The van der Waals surface area contributed by atoms with E-state index in [0.29, 0.717) is 18.0 Å². The van der Waals surface area contributed by atoms with Crippen molar-refractivity contribution in [2.24, 2.45) is 0 Å². The van der Waals surface area contributed by atoms with Gasteiger partial charge in [-0.15, -0.1) is 11.3 Å². The number of amides is 1. The summed E-state index contributed by atoms with van der Waals surface area (Å²) in [6, 6.07) is 5.67. The third-order valence-electron chi connectivity index (χ3n) is 3.28. The largest absolute Gasteiger partial charge is 0.381 e. The molecule has 1 N–H and O–H groups in total. The molecule has 0 atom stereocenters. The Labute approximate surface area is 141 Å². The van der Waals surface area contributed by atoms with Crippen LogP contribution in [-0.4, -0.2) is 35.6 Å². The lowest BCUT2D eigenvalue weighted by Crippen LogP contribution is -2.25. The Morgan fingerprint density at radius 2 is 2.13 bits per heavy atom. The van der Waals surface area contributed by atoms with Crippen LogP contribution in [0.5, 0.6) is 0 Å². The smallest absolute Gasteiger partial charge is 0.263 e. The molecule has 0 fully saturated rings. The summed E-state index contributed by atoms with van der Waals surface area (Å²) in [4.78, 5) is 21.6. The molecule has 0 aliphatic carbocycles. The molecule has 0 aliphatic heterocycles. The van der Waals surface area contributed by atoms with Gasteiger partial charge in [-0.2, -0.15) is 0 Å². The Balaban J connectivity index is 1.82. The molecule has 0 saturated carbocycles. The topological polar surface area (TPSA) is 64.1 Å². The van der Waals surface area contributed by atoms with E-state index < -0.39 is 0 Å². The normalized spacial score (nSPS) is 10.7.